The second kappa shape index (κ2) is 12.8. The maximum Gasteiger partial charge on any atom is 0.274 e. The predicted octanol–water partition coefficient (Wildman–Crippen LogP) is 11.6. The summed E-state index contributed by atoms with van der Waals surface area (Å²) in [5.74, 6) is 1.16. The summed E-state index contributed by atoms with van der Waals surface area (Å²) in [7, 11) is -3.83. The van der Waals surface area contributed by atoms with Gasteiger partial charge in [0.25, 0.3) is 10.1 Å². The van der Waals surface area contributed by atoms with Gasteiger partial charge in [0.15, 0.2) is 0 Å². The Labute approximate surface area is 319 Å². The lowest BCUT2D eigenvalue weighted by Gasteiger charge is -2.42. The first-order valence-electron chi connectivity index (χ1n) is 17.5. The minimum absolute atomic E-state index is 0.187. The first kappa shape index (κ1) is 35.6. The lowest BCUT2D eigenvalue weighted by molar-refractivity contribution is 0.401. The van der Waals surface area contributed by atoms with Gasteiger partial charge in [0, 0.05) is 25.5 Å². The fourth-order valence-electron chi connectivity index (χ4n) is 8.48. The third-order valence-electron chi connectivity index (χ3n) is 10.7. The van der Waals surface area contributed by atoms with E-state index < -0.39 is 25.8 Å². The van der Waals surface area contributed by atoms with E-state index in [-0.39, 0.29) is 5.41 Å². The van der Waals surface area contributed by atoms with Crippen molar-refractivity contribution in [2.24, 2.45) is 0 Å². The molecule has 0 aromatic heterocycles. The summed E-state index contributed by atoms with van der Waals surface area (Å²) in [6.45, 7) is 8.97. The van der Waals surface area contributed by atoms with Crippen LogP contribution in [-0.4, -0.2) is 28.9 Å². The van der Waals surface area contributed by atoms with Crippen molar-refractivity contribution in [1.29, 1.82) is 0 Å². The SMILES string of the molecule is COc1cc(S(OS(C)(=O)=O)(c2ccccc2OC)c2cccc3c2C(C)(C)c2ccccc2-3)ccc1Sc1cccc2c1C(C)(C)c1ccccc1-2. The zero-order valence-corrected chi connectivity index (χ0v) is 33.3. The Hall–Kier alpha value is -4.47. The van der Waals surface area contributed by atoms with Gasteiger partial charge >= 0.3 is 0 Å². The monoisotopic (exact) mass is 758 g/mol. The molecular weight excluding hydrogens is 717 g/mol. The van der Waals surface area contributed by atoms with E-state index in [1.165, 1.54) is 27.8 Å². The van der Waals surface area contributed by atoms with Crippen molar-refractivity contribution >= 4 is 32.2 Å². The van der Waals surface area contributed by atoms with Crippen molar-refractivity contribution in [2.75, 3.05) is 20.5 Å². The van der Waals surface area contributed by atoms with Crippen molar-refractivity contribution in [2.45, 2.75) is 63.0 Å². The summed E-state index contributed by atoms with van der Waals surface area (Å²) < 4.78 is 46.2. The van der Waals surface area contributed by atoms with Gasteiger partial charge in [-0.15, -0.1) is 0 Å². The summed E-state index contributed by atoms with van der Waals surface area (Å²) in [5, 5.41) is 0. The van der Waals surface area contributed by atoms with Crippen molar-refractivity contribution < 1.29 is 21.5 Å². The van der Waals surface area contributed by atoms with Crippen molar-refractivity contribution in [3.8, 4) is 33.8 Å². The number of para-hydroxylation sites is 1. The molecule has 0 saturated heterocycles. The van der Waals surface area contributed by atoms with Crippen LogP contribution >= 0.6 is 22.1 Å². The molecule has 0 aliphatic heterocycles. The van der Waals surface area contributed by atoms with Crippen LogP contribution in [0.4, 0.5) is 0 Å². The second-order valence-corrected chi connectivity index (χ2v) is 20.1. The van der Waals surface area contributed by atoms with E-state index in [4.69, 9.17) is 13.1 Å². The van der Waals surface area contributed by atoms with Crippen LogP contribution in [0.1, 0.15) is 49.9 Å². The Balaban J connectivity index is 1.37. The van der Waals surface area contributed by atoms with Gasteiger partial charge in [-0.3, -0.25) is 0 Å². The molecule has 8 rings (SSSR count). The zero-order chi connectivity index (χ0) is 37.3. The van der Waals surface area contributed by atoms with Crippen LogP contribution in [0, 0.1) is 0 Å². The molecule has 270 valence electrons. The molecular formula is C45H42O5S3. The highest BCUT2D eigenvalue weighted by Crippen LogP contribution is 2.75. The minimum Gasteiger partial charge on any atom is -0.496 e. The molecule has 5 nitrogen and oxygen atoms in total. The van der Waals surface area contributed by atoms with Crippen LogP contribution in [0.5, 0.6) is 11.5 Å². The minimum atomic E-state index is -4.06. The first-order valence-corrected chi connectivity index (χ1v) is 21.7. The maximum absolute atomic E-state index is 13.7. The predicted molar refractivity (Wildman–Crippen MR) is 216 cm³/mol. The van der Waals surface area contributed by atoms with Gasteiger partial charge < -0.3 is 9.47 Å². The van der Waals surface area contributed by atoms with Crippen molar-refractivity contribution in [1.82, 2.24) is 0 Å². The Morgan fingerprint density at radius 3 is 1.70 bits per heavy atom. The van der Waals surface area contributed by atoms with Crippen LogP contribution in [0.15, 0.2) is 152 Å². The van der Waals surface area contributed by atoms with Crippen LogP contribution in [0.25, 0.3) is 22.3 Å². The summed E-state index contributed by atoms with van der Waals surface area (Å²) in [6.07, 6.45) is 1.13. The highest BCUT2D eigenvalue weighted by atomic mass is 32.3. The Bertz CT molecular complexity index is 2540. The Kier molecular flexibility index (Phi) is 8.61. The zero-order valence-electron chi connectivity index (χ0n) is 30.9. The van der Waals surface area contributed by atoms with E-state index in [0.717, 1.165) is 37.6 Å². The number of hydrogen-bond donors (Lipinski definition) is 0. The van der Waals surface area contributed by atoms with Gasteiger partial charge in [0.05, 0.1) is 30.3 Å². The smallest absolute Gasteiger partial charge is 0.274 e. The summed E-state index contributed by atoms with van der Waals surface area (Å²) >= 11 is 1.66. The van der Waals surface area contributed by atoms with Gasteiger partial charge in [-0.05, 0) is 97.3 Å². The third kappa shape index (κ3) is 5.53. The fourth-order valence-corrected chi connectivity index (χ4v) is 15.0. The fraction of sp³-hybridized carbons (Fsp3) is 0.200. The molecule has 0 spiro atoms. The molecule has 1 unspecified atom stereocenters. The molecule has 0 saturated carbocycles. The van der Waals surface area contributed by atoms with E-state index in [9.17, 15) is 8.42 Å². The number of fused-ring (bicyclic) bond motifs is 6. The van der Waals surface area contributed by atoms with E-state index in [0.29, 0.717) is 21.3 Å². The summed E-state index contributed by atoms with van der Waals surface area (Å²) in [6, 6.07) is 43.3. The molecule has 6 aromatic carbocycles. The maximum atomic E-state index is 13.7. The van der Waals surface area contributed by atoms with Gasteiger partial charge in [-0.2, -0.15) is 8.42 Å². The molecule has 0 heterocycles. The topological polar surface area (TPSA) is 61.8 Å². The van der Waals surface area contributed by atoms with E-state index >= 15 is 0 Å². The largest absolute Gasteiger partial charge is 0.496 e. The van der Waals surface area contributed by atoms with Gasteiger partial charge in [-0.1, -0.05) is 124 Å². The lowest BCUT2D eigenvalue weighted by Crippen LogP contribution is -2.21. The van der Waals surface area contributed by atoms with Crippen molar-refractivity contribution in [3.05, 3.63) is 150 Å². The normalized spacial score (nSPS) is 16.4. The highest BCUT2D eigenvalue weighted by molar-refractivity contribution is 8.33. The van der Waals surface area contributed by atoms with Crippen LogP contribution in [0.3, 0.4) is 0 Å². The quantitative estimate of drug-likeness (QED) is 0.146. The molecule has 6 aromatic rings. The molecule has 2 aliphatic rings. The van der Waals surface area contributed by atoms with Gasteiger partial charge in [-0.25, -0.2) is 3.63 Å². The molecule has 0 fully saturated rings. The average Bonchev–Trinajstić information content (AvgIpc) is 3.54. The summed E-state index contributed by atoms with van der Waals surface area (Å²) in [5.41, 5.74) is 8.87. The average molecular weight is 759 g/mol. The molecule has 0 N–H and O–H groups in total. The summed E-state index contributed by atoms with van der Waals surface area (Å²) in [4.78, 5) is 4.19. The number of benzene rings is 6. The number of hydrogen-bond acceptors (Lipinski definition) is 6. The molecule has 0 radical (unpaired) electrons. The van der Waals surface area contributed by atoms with Crippen LogP contribution < -0.4 is 9.47 Å². The van der Waals surface area contributed by atoms with Gasteiger partial charge in [0.2, 0.25) is 0 Å². The number of rotatable bonds is 9. The van der Waals surface area contributed by atoms with Gasteiger partial charge in [0.1, 0.15) is 11.5 Å². The molecule has 0 amide bonds. The standard InChI is InChI=1S/C45H42O5S3/c1-44(2)34-20-10-8-16-30(34)32-18-14-23-39(42(32)44)51-38-27-26-29(28-37(38)49-6)53(50-52(7,46)47,40-24-13-12-22-36(40)48-5)41-25-15-19-33-31-17-9-11-21-35(31)45(3,4)43(33)41/h8-28H,1-7H3. The Morgan fingerprint density at radius 1 is 0.528 bits per heavy atom. The molecule has 8 heteroatoms. The second-order valence-electron chi connectivity index (χ2n) is 14.6. The Morgan fingerprint density at radius 2 is 1.06 bits per heavy atom. The highest BCUT2D eigenvalue weighted by Gasteiger charge is 2.46. The molecule has 2 aliphatic carbocycles. The molecule has 1 atom stereocenters. The third-order valence-corrected chi connectivity index (χ3v) is 16.4. The van der Waals surface area contributed by atoms with E-state index in [1.807, 2.05) is 60.7 Å². The lowest BCUT2D eigenvalue weighted by atomic mass is 9.82. The number of methoxy groups -OCH3 is 2. The van der Waals surface area contributed by atoms with Crippen LogP contribution in [0.2, 0.25) is 0 Å². The van der Waals surface area contributed by atoms with E-state index in [1.54, 1.807) is 26.0 Å². The first-order chi connectivity index (χ1) is 25.3. The van der Waals surface area contributed by atoms with Crippen LogP contribution in [-0.2, 0) is 24.6 Å². The number of ether oxygens (including phenoxy) is 2. The molecule has 0 bridgehead atoms. The van der Waals surface area contributed by atoms with Crippen molar-refractivity contribution in [3.63, 3.8) is 0 Å². The molecule has 53 heavy (non-hydrogen) atoms. The van der Waals surface area contributed by atoms with E-state index in [2.05, 4.69) is 94.4 Å².